The van der Waals surface area contributed by atoms with E-state index < -0.39 is 0 Å². The van der Waals surface area contributed by atoms with Crippen LogP contribution in [0, 0.1) is 6.92 Å². The van der Waals surface area contributed by atoms with Crippen molar-refractivity contribution in [3.05, 3.63) is 59.7 Å². The Morgan fingerprint density at radius 3 is 2.76 bits per heavy atom. The molecule has 0 bridgehead atoms. The molecule has 1 aliphatic rings. The Morgan fingerprint density at radius 2 is 2.05 bits per heavy atom. The van der Waals surface area contributed by atoms with E-state index in [1.807, 2.05) is 36.4 Å². The molecule has 0 fully saturated rings. The Hall–Kier alpha value is -2.49. The minimum absolute atomic E-state index is 0.585. The van der Waals surface area contributed by atoms with Crippen LogP contribution < -0.4 is 15.4 Å². The minimum Gasteiger partial charge on any atom is -0.489 e. The maximum Gasteiger partial charge on any atom is 0.195 e. The second-order valence-electron chi connectivity index (χ2n) is 5.03. The van der Waals surface area contributed by atoms with Crippen LogP contribution in [-0.4, -0.2) is 19.0 Å². The van der Waals surface area contributed by atoms with Crippen molar-refractivity contribution in [1.82, 2.24) is 5.32 Å². The van der Waals surface area contributed by atoms with Gasteiger partial charge in [-0.25, -0.2) is 0 Å². The molecule has 108 valence electrons. The van der Waals surface area contributed by atoms with Crippen molar-refractivity contribution in [2.24, 2.45) is 4.99 Å². The van der Waals surface area contributed by atoms with E-state index in [1.165, 1.54) is 5.56 Å². The van der Waals surface area contributed by atoms with E-state index in [0.717, 1.165) is 36.0 Å². The fraction of sp³-hybridized carbons (Fsp3) is 0.235. The lowest BCUT2D eigenvalue weighted by Crippen LogP contribution is -2.26. The number of guanidine groups is 1. The van der Waals surface area contributed by atoms with Crippen molar-refractivity contribution in [3.63, 3.8) is 0 Å². The molecule has 0 aliphatic carbocycles. The summed E-state index contributed by atoms with van der Waals surface area (Å²) in [6.07, 6.45) is 0. The third kappa shape index (κ3) is 3.54. The van der Waals surface area contributed by atoms with Gasteiger partial charge in [-0.15, -0.1) is 0 Å². The zero-order valence-corrected chi connectivity index (χ0v) is 12.1. The summed E-state index contributed by atoms with van der Waals surface area (Å²) in [6, 6.07) is 16.2. The summed E-state index contributed by atoms with van der Waals surface area (Å²) < 4.78 is 5.82. The van der Waals surface area contributed by atoms with Gasteiger partial charge in [0.1, 0.15) is 12.4 Å². The SMILES string of the molecule is Cc1cc(OCc2ccccc2)ccc1NC1=NCCN1. The first-order valence-electron chi connectivity index (χ1n) is 7.14. The zero-order chi connectivity index (χ0) is 14.5. The quantitative estimate of drug-likeness (QED) is 0.905. The highest BCUT2D eigenvalue weighted by Gasteiger charge is 2.07. The molecule has 2 aromatic carbocycles. The molecule has 0 amide bonds. The van der Waals surface area contributed by atoms with Crippen LogP contribution in [0.1, 0.15) is 11.1 Å². The Labute approximate surface area is 124 Å². The van der Waals surface area contributed by atoms with Gasteiger partial charge in [0.15, 0.2) is 5.96 Å². The first-order valence-corrected chi connectivity index (χ1v) is 7.14. The summed E-state index contributed by atoms with van der Waals surface area (Å²) >= 11 is 0. The van der Waals surface area contributed by atoms with Crippen LogP contribution in [0.2, 0.25) is 0 Å². The number of nitrogens with one attached hydrogen (secondary N) is 2. The summed E-state index contributed by atoms with van der Waals surface area (Å²) in [5.41, 5.74) is 3.36. The Morgan fingerprint density at radius 1 is 1.19 bits per heavy atom. The first kappa shape index (κ1) is 13.5. The normalized spacial score (nSPS) is 13.5. The molecule has 2 N–H and O–H groups in total. The predicted molar refractivity (Wildman–Crippen MR) is 85.9 cm³/mol. The second kappa shape index (κ2) is 6.31. The largest absolute Gasteiger partial charge is 0.489 e. The zero-order valence-electron chi connectivity index (χ0n) is 12.1. The van der Waals surface area contributed by atoms with Crippen LogP contribution in [0.3, 0.4) is 0 Å². The molecule has 21 heavy (non-hydrogen) atoms. The molecule has 0 saturated carbocycles. The highest BCUT2D eigenvalue weighted by Crippen LogP contribution is 2.22. The van der Waals surface area contributed by atoms with Crippen LogP contribution in [0.5, 0.6) is 5.75 Å². The third-order valence-corrected chi connectivity index (χ3v) is 3.37. The summed E-state index contributed by atoms with van der Waals surface area (Å²) in [7, 11) is 0. The Kier molecular flexibility index (Phi) is 4.05. The molecule has 1 aliphatic heterocycles. The number of hydrogen-bond acceptors (Lipinski definition) is 4. The molecule has 0 unspecified atom stereocenters. The smallest absolute Gasteiger partial charge is 0.195 e. The van der Waals surface area contributed by atoms with E-state index in [0.29, 0.717) is 6.61 Å². The monoisotopic (exact) mass is 281 g/mol. The molecule has 0 radical (unpaired) electrons. The first-order chi connectivity index (χ1) is 10.3. The highest BCUT2D eigenvalue weighted by atomic mass is 16.5. The summed E-state index contributed by atoms with van der Waals surface area (Å²) in [6.45, 7) is 4.38. The van der Waals surface area contributed by atoms with Crippen molar-refractivity contribution in [2.45, 2.75) is 13.5 Å². The van der Waals surface area contributed by atoms with Crippen molar-refractivity contribution < 1.29 is 4.74 Å². The van der Waals surface area contributed by atoms with Gasteiger partial charge in [0.05, 0.1) is 6.54 Å². The van der Waals surface area contributed by atoms with Crippen LogP contribution in [-0.2, 0) is 6.61 Å². The van der Waals surface area contributed by atoms with Crippen molar-refractivity contribution >= 4 is 11.6 Å². The van der Waals surface area contributed by atoms with Gasteiger partial charge in [-0.3, -0.25) is 4.99 Å². The number of benzene rings is 2. The maximum atomic E-state index is 5.82. The van der Waals surface area contributed by atoms with E-state index in [9.17, 15) is 0 Å². The topological polar surface area (TPSA) is 45.6 Å². The Balaban J connectivity index is 1.63. The van der Waals surface area contributed by atoms with Crippen LogP contribution in [0.15, 0.2) is 53.5 Å². The lowest BCUT2D eigenvalue weighted by Gasteiger charge is -2.12. The number of aryl methyl sites for hydroxylation is 1. The van der Waals surface area contributed by atoms with E-state index in [-0.39, 0.29) is 0 Å². The van der Waals surface area contributed by atoms with Crippen molar-refractivity contribution in [2.75, 3.05) is 18.4 Å². The number of hydrogen-bond donors (Lipinski definition) is 2. The van der Waals surface area contributed by atoms with Crippen molar-refractivity contribution in [3.8, 4) is 5.75 Å². The lowest BCUT2D eigenvalue weighted by molar-refractivity contribution is 0.306. The molecular formula is C17H19N3O. The molecule has 3 rings (SSSR count). The van der Waals surface area contributed by atoms with Crippen LogP contribution >= 0.6 is 0 Å². The second-order valence-corrected chi connectivity index (χ2v) is 5.03. The molecule has 0 saturated heterocycles. The lowest BCUT2D eigenvalue weighted by atomic mass is 10.2. The van der Waals surface area contributed by atoms with Crippen LogP contribution in [0.4, 0.5) is 5.69 Å². The average molecular weight is 281 g/mol. The molecule has 1 heterocycles. The molecule has 0 spiro atoms. The Bertz CT molecular complexity index is 638. The van der Waals surface area contributed by atoms with Gasteiger partial charge in [-0.05, 0) is 36.2 Å². The molecule has 2 aromatic rings. The molecule has 0 aromatic heterocycles. The summed E-state index contributed by atoms with van der Waals surface area (Å²) in [5.74, 6) is 1.72. The molecule has 0 atom stereocenters. The van der Waals surface area contributed by atoms with Crippen LogP contribution in [0.25, 0.3) is 0 Å². The van der Waals surface area contributed by atoms with Gasteiger partial charge in [0.2, 0.25) is 0 Å². The predicted octanol–water partition coefficient (Wildman–Crippen LogP) is 2.95. The van der Waals surface area contributed by atoms with E-state index >= 15 is 0 Å². The molecule has 4 nitrogen and oxygen atoms in total. The van der Waals surface area contributed by atoms with Gasteiger partial charge in [-0.2, -0.15) is 0 Å². The standard InChI is InChI=1S/C17H19N3O/c1-13-11-15(21-12-14-5-3-2-4-6-14)7-8-16(13)20-17-18-9-10-19-17/h2-8,11H,9-10,12H2,1H3,(H2,18,19,20). The number of anilines is 1. The number of rotatable bonds is 4. The fourth-order valence-electron chi connectivity index (χ4n) is 2.22. The van der Waals surface area contributed by atoms with Gasteiger partial charge in [-0.1, -0.05) is 30.3 Å². The van der Waals surface area contributed by atoms with E-state index in [2.05, 4.69) is 34.7 Å². The number of nitrogens with zero attached hydrogens (tertiary/aromatic N) is 1. The highest BCUT2D eigenvalue weighted by molar-refractivity contribution is 5.95. The van der Waals surface area contributed by atoms with Gasteiger partial charge < -0.3 is 15.4 Å². The van der Waals surface area contributed by atoms with E-state index in [4.69, 9.17) is 4.74 Å². The number of aliphatic imine (C=N–C) groups is 1. The van der Waals surface area contributed by atoms with Gasteiger partial charge in [0.25, 0.3) is 0 Å². The molecular weight excluding hydrogens is 262 g/mol. The molecule has 4 heteroatoms. The third-order valence-electron chi connectivity index (χ3n) is 3.37. The van der Waals surface area contributed by atoms with Gasteiger partial charge >= 0.3 is 0 Å². The summed E-state index contributed by atoms with van der Waals surface area (Å²) in [5, 5.41) is 6.49. The fourth-order valence-corrected chi connectivity index (χ4v) is 2.22. The summed E-state index contributed by atoms with van der Waals surface area (Å²) in [4.78, 5) is 4.33. The van der Waals surface area contributed by atoms with Gasteiger partial charge in [0, 0.05) is 12.2 Å². The van der Waals surface area contributed by atoms with E-state index in [1.54, 1.807) is 0 Å². The average Bonchev–Trinajstić information content (AvgIpc) is 3.02. The number of ether oxygens (including phenoxy) is 1. The minimum atomic E-state index is 0.585. The van der Waals surface area contributed by atoms with Crippen molar-refractivity contribution in [1.29, 1.82) is 0 Å². The maximum absolute atomic E-state index is 5.82.